The van der Waals surface area contributed by atoms with E-state index < -0.39 is 0 Å². The molecule has 1 aliphatic carbocycles. The molecule has 0 saturated carbocycles. The van der Waals surface area contributed by atoms with Crippen molar-refractivity contribution < 1.29 is 0 Å². The van der Waals surface area contributed by atoms with E-state index in [1.54, 1.807) is 0 Å². The molecule has 1 unspecified atom stereocenters. The molecular formula is C44H37N. The van der Waals surface area contributed by atoms with E-state index in [4.69, 9.17) is 6.58 Å². The molecule has 1 aliphatic rings. The van der Waals surface area contributed by atoms with Crippen LogP contribution in [0.3, 0.4) is 0 Å². The second-order valence-corrected chi connectivity index (χ2v) is 12.6. The summed E-state index contributed by atoms with van der Waals surface area (Å²) in [6, 6.07) is 36.3. The van der Waals surface area contributed by atoms with Gasteiger partial charge in [0, 0.05) is 27.5 Å². The summed E-state index contributed by atoms with van der Waals surface area (Å²) in [6.07, 6.45) is 9.26. The van der Waals surface area contributed by atoms with Gasteiger partial charge in [-0.1, -0.05) is 131 Å². The molecule has 45 heavy (non-hydrogen) atoms. The lowest BCUT2D eigenvalue weighted by molar-refractivity contribution is 0.719. The van der Waals surface area contributed by atoms with Gasteiger partial charge in [-0.25, -0.2) is 0 Å². The molecule has 0 saturated heterocycles. The van der Waals surface area contributed by atoms with Crippen LogP contribution in [0.1, 0.15) is 49.8 Å². The molecular weight excluding hydrogens is 542 g/mol. The molecule has 2 aromatic heterocycles. The molecule has 1 nitrogen and oxygen atoms in total. The minimum atomic E-state index is 0.240. The Kier molecular flexibility index (Phi) is 6.39. The van der Waals surface area contributed by atoms with Crippen molar-refractivity contribution in [3.8, 4) is 22.3 Å². The quantitative estimate of drug-likeness (QED) is 0.173. The molecule has 0 aliphatic heterocycles. The van der Waals surface area contributed by atoms with Gasteiger partial charge in [0.2, 0.25) is 0 Å². The summed E-state index contributed by atoms with van der Waals surface area (Å²) >= 11 is 0. The Morgan fingerprint density at radius 3 is 2.27 bits per heavy atom. The average Bonchev–Trinajstić information content (AvgIpc) is 3.61. The highest BCUT2D eigenvalue weighted by Gasteiger charge is 2.29. The summed E-state index contributed by atoms with van der Waals surface area (Å²) in [5, 5.41) is 5.24. The third-order valence-electron chi connectivity index (χ3n) is 10.3. The van der Waals surface area contributed by atoms with E-state index in [0.717, 1.165) is 6.42 Å². The third-order valence-corrected chi connectivity index (χ3v) is 10.3. The maximum absolute atomic E-state index is 4.74. The van der Waals surface area contributed by atoms with Gasteiger partial charge < -0.3 is 4.40 Å². The van der Waals surface area contributed by atoms with Gasteiger partial charge in [0.15, 0.2) is 0 Å². The van der Waals surface area contributed by atoms with Crippen LogP contribution in [0.25, 0.3) is 71.5 Å². The molecule has 5 aromatic carbocycles. The smallest absolute Gasteiger partial charge is 0.0620 e. The lowest BCUT2D eigenvalue weighted by Crippen LogP contribution is -2.10. The Labute approximate surface area is 265 Å². The third kappa shape index (κ3) is 3.93. The van der Waals surface area contributed by atoms with E-state index in [1.165, 1.54) is 88.2 Å². The van der Waals surface area contributed by atoms with Crippen LogP contribution >= 0.6 is 0 Å². The highest BCUT2D eigenvalue weighted by atomic mass is 14.9. The fraction of sp³-hybridized carbons (Fsp3) is 0.136. The number of nitrogens with zero attached hydrogens (tertiary/aromatic N) is 1. The molecule has 0 bridgehead atoms. The van der Waals surface area contributed by atoms with E-state index >= 15 is 0 Å². The number of benzene rings is 5. The second kappa shape index (κ2) is 10.5. The summed E-state index contributed by atoms with van der Waals surface area (Å²) in [5.41, 5.74) is 15.4. The van der Waals surface area contributed by atoms with Crippen LogP contribution in [0.5, 0.6) is 0 Å². The maximum Gasteiger partial charge on any atom is 0.0620 e. The van der Waals surface area contributed by atoms with Crippen molar-refractivity contribution in [2.45, 2.75) is 33.1 Å². The first kappa shape index (κ1) is 27.4. The van der Waals surface area contributed by atoms with Gasteiger partial charge >= 0.3 is 0 Å². The summed E-state index contributed by atoms with van der Waals surface area (Å²) in [5.74, 6) is 0.612. The standard InChI is InChI=1S/C44H37N/c1-6-8-9-16-30-29(5)38-25-37(28(4)27(3)7-2)40(26-39(38)32-18-11-10-17-31(30)32)34-20-15-24-42-43(34)36-22-14-21-35-33-19-12-13-23-41(33)45(42)44(35)36/h6,8-27,29H,1,4,7H2,2-3,5H3/b9-8-,30-16+/t27-,29?/m1/s1. The lowest BCUT2D eigenvalue weighted by atomic mass is 9.73. The predicted octanol–water partition coefficient (Wildman–Crippen LogP) is 12.5. The van der Waals surface area contributed by atoms with Crippen LogP contribution in [-0.4, -0.2) is 4.40 Å². The van der Waals surface area contributed by atoms with Crippen molar-refractivity contribution in [2.75, 3.05) is 0 Å². The van der Waals surface area contributed by atoms with Gasteiger partial charge in [0.1, 0.15) is 0 Å². The maximum atomic E-state index is 4.74. The zero-order valence-corrected chi connectivity index (χ0v) is 26.3. The zero-order chi connectivity index (χ0) is 30.8. The van der Waals surface area contributed by atoms with Gasteiger partial charge in [-0.2, -0.15) is 0 Å². The number of allylic oxidation sites excluding steroid dienone is 6. The molecule has 1 heteroatoms. The average molecular weight is 580 g/mol. The molecule has 0 amide bonds. The second-order valence-electron chi connectivity index (χ2n) is 12.6. The van der Waals surface area contributed by atoms with Crippen LogP contribution < -0.4 is 0 Å². The molecule has 2 heterocycles. The fourth-order valence-electron chi connectivity index (χ4n) is 7.76. The van der Waals surface area contributed by atoms with E-state index in [1.807, 2.05) is 12.2 Å². The van der Waals surface area contributed by atoms with Crippen molar-refractivity contribution in [3.63, 3.8) is 0 Å². The lowest BCUT2D eigenvalue weighted by Gasteiger charge is -2.31. The fourth-order valence-corrected chi connectivity index (χ4v) is 7.76. The molecule has 0 fully saturated rings. The highest BCUT2D eigenvalue weighted by Crippen LogP contribution is 2.51. The number of aromatic nitrogens is 1. The van der Waals surface area contributed by atoms with E-state index in [-0.39, 0.29) is 5.92 Å². The monoisotopic (exact) mass is 579 g/mol. The van der Waals surface area contributed by atoms with Crippen molar-refractivity contribution in [2.24, 2.45) is 5.92 Å². The molecule has 218 valence electrons. The minimum Gasteiger partial charge on any atom is -0.308 e. The normalized spacial score (nSPS) is 16.2. The van der Waals surface area contributed by atoms with Crippen molar-refractivity contribution in [1.29, 1.82) is 0 Å². The van der Waals surface area contributed by atoms with Gasteiger partial charge in [-0.3, -0.25) is 0 Å². The molecule has 0 radical (unpaired) electrons. The van der Waals surface area contributed by atoms with Crippen LogP contribution in [-0.2, 0) is 0 Å². The first-order valence-corrected chi connectivity index (χ1v) is 16.2. The van der Waals surface area contributed by atoms with Crippen LogP contribution in [0.15, 0.2) is 135 Å². The Morgan fingerprint density at radius 1 is 0.756 bits per heavy atom. The van der Waals surface area contributed by atoms with Gasteiger partial charge in [0.25, 0.3) is 0 Å². The first-order chi connectivity index (χ1) is 22.0. The molecule has 7 aromatic rings. The molecule has 2 atom stereocenters. The minimum absolute atomic E-state index is 0.240. The first-order valence-electron chi connectivity index (χ1n) is 16.2. The van der Waals surface area contributed by atoms with Gasteiger partial charge in [-0.05, 0) is 86.7 Å². The van der Waals surface area contributed by atoms with Gasteiger partial charge in [0.05, 0.1) is 16.6 Å². The van der Waals surface area contributed by atoms with E-state index in [0.29, 0.717) is 5.92 Å². The molecule has 8 rings (SSSR count). The topological polar surface area (TPSA) is 4.41 Å². The van der Waals surface area contributed by atoms with Crippen LogP contribution in [0, 0.1) is 5.92 Å². The molecule has 0 N–H and O–H groups in total. The van der Waals surface area contributed by atoms with Crippen LogP contribution in [0.4, 0.5) is 0 Å². The summed E-state index contributed by atoms with van der Waals surface area (Å²) in [6.45, 7) is 15.5. The Morgan fingerprint density at radius 2 is 1.44 bits per heavy atom. The summed E-state index contributed by atoms with van der Waals surface area (Å²) in [4.78, 5) is 0. The Balaban J connectivity index is 1.47. The number of rotatable bonds is 6. The number of fused-ring (bicyclic) bond motifs is 9. The number of hydrogen-bond donors (Lipinski definition) is 0. The van der Waals surface area contributed by atoms with Gasteiger partial charge in [-0.15, -0.1) is 0 Å². The highest BCUT2D eigenvalue weighted by molar-refractivity contribution is 6.26. The van der Waals surface area contributed by atoms with Crippen molar-refractivity contribution in [3.05, 3.63) is 151 Å². The number of hydrogen-bond acceptors (Lipinski definition) is 0. The zero-order valence-electron chi connectivity index (χ0n) is 26.3. The largest absolute Gasteiger partial charge is 0.308 e. The van der Waals surface area contributed by atoms with Crippen LogP contribution in [0.2, 0.25) is 0 Å². The number of para-hydroxylation sites is 2. The van der Waals surface area contributed by atoms with Crippen molar-refractivity contribution >= 4 is 49.2 Å². The molecule has 0 spiro atoms. The summed E-state index contributed by atoms with van der Waals surface area (Å²) < 4.78 is 2.48. The van der Waals surface area contributed by atoms with Crippen molar-refractivity contribution in [1.82, 2.24) is 4.40 Å². The Bertz CT molecular complexity index is 2370. The Hall–Kier alpha value is -5.14. The summed E-state index contributed by atoms with van der Waals surface area (Å²) in [7, 11) is 0. The van der Waals surface area contributed by atoms with E-state index in [9.17, 15) is 0 Å². The SMILES string of the molecule is C=C/C=C\C=C1\c2ccccc2-c2cc(-c3cccc4c3c3cccc5c6ccccc6n4c53)c(C(=C)[C@H](C)CC)cc2C1C. The predicted molar refractivity (Wildman–Crippen MR) is 196 cm³/mol. The van der Waals surface area contributed by atoms with E-state index in [2.05, 4.69) is 141 Å².